The van der Waals surface area contributed by atoms with Gasteiger partial charge in [-0.3, -0.25) is 4.90 Å². The van der Waals surface area contributed by atoms with E-state index in [0.29, 0.717) is 24.6 Å². The number of ether oxygens (including phenoxy) is 2. The Morgan fingerprint density at radius 3 is 2.62 bits per heavy atom. The summed E-state index contributed by atoms with van der Waals surface area (Å²) in [6.45, 7) is 3.55. The fourth-order valence-electron chi connectivity index (χ4n) is 3.12. The number of carbonyl (C=O) groups is 1. The Hall–Kier alpha value is -2.73. The standard InChI is InChI=1S/C20H24N2O4/c1-25-18-8-2-3-9-19(18)26-17-7-4-6-16(14-17)15-21-10-5-11-22(13-12-21)20(23)24/h2-4,6-9,14H,5,10-13,15H2,1H3,(H,23,24). The third-order valence-corrected chi connectivity index (χ3v) is 4.46. The topological polar surface area (TPSA) is 62.2 Å². The minimum atomic E-state index is -0.834. The Kier molecular flexibility index (Phi) is 5.96. The summed E-state index contributed by atoms with van der Waals surface area (Å²) < 4.78 is 11.3. The molecule has 0 unspecified atom stereocenters. The summed E-state index contributed by atoms with van der Waals surface area (Å²) >= 11 is 0. The summed E-state index contributed by atoms with van der Waals surface area (Å²) in [5.74, 6) is 2.13. The molecule has 0 bridgehead atoms. The second-order valence-corrected chi connectivity index (χ2v) is 6.30. The molecular weight excluding hydrogens is 332 g/mol. The van der Waals surface area contributed by atoms with Crippen LogP contribution in [0.4, 0.5) is 4.79 Å². The van der Waals surface area contributed by atoms with E-state index in [1.54, 1.807) is 7.11 Å². The van der Waals surface area contributed by atoms with Gasteiger partial charge in [0.25, 0.3) is 0 Å². The Morgan fingerprint density at radius 2 is 1.85 bits per heavy atom. The van der Waals surface area contributed by atoms with Crippen molar-refractivity contribution in [1.82, 2.24) is 9.80 Å². The maximum atomic E-state index is 11.1. The van der Waals surface area contributed by atoms with Crippen LogP contribution < -0.4 is 9.47 Å². The van der Waals surface area contributed by atoms with Crippen LogP contribution >= 0.6 is 0 Å². The van der Waals surface area contributed by atoms with E-state index < -0.39 is 6.09 Å². The highest BCUT2D eigenvalue weighted by atomic mass is 16.5. The first-order chi connectivity index (χ1) is 12.7. The molecule has 2 aromatic rings. The van der Waals surface area contributed by atoms with Crippen LogP contribution in [0.3, 0.4) is 0 Å². The number of carboxylic acid groups (broad SMARTS) is 1. The Labute approximate surface area is 153 Å². The molecular formula is C20H24N2O4. The number of amides is 1. The highest BCUT2D eigenvalue weighted by Crippen LogP contribution is 2.31. The smallest absolute Gasteiger partial charge is 0.407 e. The summed E-state index contributed by atoms with van der Waals surface area (Å²) in [4.78, 5) is 14.9. The summed E-state index contributed by atoms with van der Waals surface area (Å²) in [6.07, 6.45) is 0.0167. The zero-order valence-electron chi connectivity index (χ0n) is 14.9. The first kappa shape index (κ1) is 18.1. The number of methoxy groups -OCH3 is 1. The summed E-state index contributed by atoms with van der Waals surface area (Å²) in [5.41, 5.74) is 1.14. The molecule has 1 amide bonds. The molecule has 0 spiro atoms. The van der Waals surface area contributed by atoms with Gasteiger partial charge in [-0.05, 0) is 36.2 Å². The molecule has 0 aromatic heterocycles. The molecule has 1 saturated heterocycles. The number of hydrogen-bond donors (Lipinski definition) is 1. The summed E-state index contributed by atoms with van der Waals surface area (Å²) in [5, 5.41) is 9.14. The molecule has 6 nitrogen and oxygen atoms in total. The van der Waals surface area contributed by atoms with E-state index in [4.69, 9.17) is 14.6 Å². The van der Waals surface area contributed by atoms with E-state index in [1.807, 2.05) is 42.5 Å². The Morgan fingerprint density at radius 1 is 1.04 bits per heavy atom. The first-order valence-corrected chi connectivity index (χ1v) is 8.76. The molecule has 1 heterocycles. The maximum absolute atomic E-state index is 11.1. The number of para-hydroxylation sites is 2. The van der Waals surface area contributed by atoms with Gasteiger partial charge in [0.1, 0.15) is 5.75 Å². The molecule has 138 valence electrons. The molecule has 0 atom stereocenters. The van der Waals surface area contributed by atoms with E-state index in [-0.39, 0.29) is 0 Å². The van der Waals surface area contributed by atoms with E-state index >= 15 is 0 Å². The van der Waals surface area contributed by atoms with Crippen molar-refractivity contribution in [3.05, 3.63) is 54.1 Å². The van der Waals surface area contributed by atoms with Crippen LogP contribution in [0.2, 0.25) is 0 Å². The van der Waals surface area contributed by atoms with Crippen molar-refractivity contribution in [3.63, 3.8) is 0 Å². The van der Waals surface area contributed by atoms with Crippen molar-refractivity contribution in [2.45, 2.75) is 13.0 Å². The molecule has 1 N–H and O–H groups in total. The van der Waals surface area contributed by atoms with Gasteiger partial charge in [0.05, 0.1) is 7.11 Å². The van der Waals surface area contributed by atoms with Gasteiger partial charge in [0, 0.05) is 32.7 Å². The zero-order valence-corrected chi connectivity index (χ0v) is 14.9. The SMILES string of the molecule is COc1ccccc1Oc1cccc(CN2CCCN(C(=O)O)CC2)c1. The van der Waals surface area contributed by atoms with Gasteiger partial charge >= 0.3 is 6.09 Å². The summed E-state index contributed by atoms with van der Waals surface area (Å²) in [7, 11) is 1.62. The summed E-state index contributed by atoms with van der Waals surface area (Å²) in [6, 6.07) is 15.5. The average molecular weight is 356 g/mol. The number of rotatable bonds is 5. The fourth-order valence-corrected chi connectivity index (χ4v) is 3.12. The van der Waals surface area contributed by atoms with Crippen LogP contribution in [0.15, 0.2) is 48.5 Å². The largest absolute Gasteiger partial charge is 0.493 e. The third kappa shape index (κ3) is 4.67. The first-order valence-electron chi connectivity index (χ1n) is 8.76. The van der Waals surface area contributed by atoms with Crippen molar-refractivity contribution < 1.29 is 19.4 Å². The van der Waals surface area contributed by atoms with E-state index in [9.17, 15) is 4.79 Å². The van der Waals surface area contributed by atoms with Crippen LogP contribution in [-0.2, 0) is 6.54 Å². The van der Waals surface area contributed by atoms with Gasteiger partial charge in [-0.25, -0.2) is 4.79 Å². The Balaban J connectivity index is 1.65. The van der Waals surface area contributed by atoms with Gasteiger partial charge < -0.3 is 19.5 Å². The number of benzene rings is 2. The molecule has 1 fully saturated rings. The highest BCUT2D eigenvalue weighted by molar-refractivity contribution is 5.64. The van der Waals surface area contributed by atoms with Gasteiger partial charge in [0.2, 0.25) is 0 Å². The Bertz CT molecular complexity index is 750. The van der Waals surface area contributed by atoms with Crippen molar-refractivity contribution in [2.75, 3.05) is 33.3 Å². The number of nitrogens with zero attached hydrogens (tertiary/aromatic N) is 2. The van der Waals surface area contributed by atoms with Gasteiger partial charge in [-0.15, -0.1) is 0 Å². The lowest BCUT2D eigenvalue weighted by Gasteiger charge is -2.20. The monoisotopic (exact) mass is 356 g/mol. The lowest BCUT2D eigenvalue weighted by Crippen LogP contribution is -2.33. The van der Waals surface area contributed by atoms with Crippen molar-refractivity contribution in [3.8, 4) is 17.2 Å². The minimum Gasteiger partial charge on any atom is -0.493 e. The van der Waals surface area contributed by atoms with Crippen LogP contribution in [0, 0.1) is 0 Å². The quantitative estimate of drug-likeness (QED) is 0.886. The fraction of sp³-hybridized carbons (Fsp3) is 0.350. The van der Waals surface area contributed by atoms with Gasteiger partial charge in [-0.2, -0.15) is 0 Å². The predicted molar refractivity (Wildman–Crippen MR) is 99.0 cm³/mol. The number of hydrogen-bond acceptors (Lipinski definition) is 4. The van der Waals surface area contributed by atoms with Gasteiger partial charge in [-0.1, -0.05) is 24.3 Å². The predicted octanol–water partition coefficient (Wildman–Crippen LogP) is 3.67. The van der Waals surface area contributed by atoms with Crippen LogP contribution in [0.1, 0.15) is 12.0 Å². The molecule has 2 aromatic carbocycles. The zero-order chi connectivity index (χ0) is 18.4. The molecule has 0 radical (unpaired) electrons. The van der Waals surface area contributed by atoms with Crippen LogP contribution in [0.5, 0.6) is 17.2 Å². The molecule has 26 heavy (non-hydrogen) atoms. The third-order valence-electron chi connectivity index (χ3n) is 4.46. The molecule has 0 saturated carbocycles. The minimum absolute atomic E-state index is 0.548. The second-order valence-electron chi connectivity index (χ2n) is 6.30. The average Bonchev–Trinajstić information content (AvgIpc) is 2.88. The molecule has 1 aliphatic rings. The normalized spacial score (nSPS) is 15.3. The lowest BCUT2D eigenvalue weighted by atomic mass is 10.2. The van der Waals surface area contributed by atoms with Crippen molar-refractivity contribution in [2.24, 2.45) is 0 Å². The molecule has 1 aliphatic heterocycles. The van der Waals surface area contributed by atoms with E-state index in [2.05, 4.69) is 11.0 Å². The van der Waals surface area contributed by atoms with Crippen LogP contribution in [-0.4, -0.2) is 54.3 Å². The second kappa shape index (κ2) is 8.58. The molecule has 3 rings (SSSR count). The molecule has 0 aliphatic carbocycles. The van der Waals surface area contributed by atoms with Crippen molar-refractivity contribution in [1.29, 1.82) is 0 Å². The lowest BCUT2D eigenvalue weighted by molar-refractivity contribution is 0.146. The van der Waals surface area contributed by atoms with E-state index in [1.165, 1.54) is 4.90 Å². The maximum Gasteiger partial charge on any atom is 0.407 e. The van der Waals surface area contributed by atoms with Gasteiger partial charge in [0.15, 0.2) is 11.5 Å². The van der Waals surface area contributed by atoms with E-state index in [0.717, 1.165) is 37.4 Å². The van der Waals surface area contributed by atoms with Crippen LogP contribution in [0.25, 0.3) is 0 Å². The van der Waals surface area contributed by atoms with Crippen molar-refractivity contribution >= 4 is 6.09 Å². The highest BCUT2D eigenvalue weighted by Gasteiger charge is 2.18. The molecule has 6 heteroatoms.